The molecule has 4 nitrogen and oxygen atoms in total. The first-order valence-corrected chi connectivity index (χ1v) is 7.56. The molecule has 0 fully saturated rings. The highest BCUT2D eigenvalue weighted by molar-refractivity contribution is 5.95. The topological polar surface area (TPSA) is 49.4 Å². The summed E-state index contributed by atoms with van der Waals surface area (Å²) < 4.78 is 0. The van der Waals surface area contributed by atoms with Crippen LogP contribution in [0.3, 0.4) is 0 Å². The van der Waals surface area contributed by atoms with Crippen LogP contribution in [0.25, 0.3) is 0 Å². The molecular weight excluding hydrogens is 264 g/mol. The van der Waals surface area contributed by atoms with Crippen molar-refractivity contribution in [1.82, 2.24) is 5.32 Å². The van der Waals surface area contributed by atoms with E-state index in [1.54, 1.807) is 6.92 Å². The van der Waals surface area contributed by atoms with Crippen molar-refractivity contribution in [2.24, 2.45) is 5.92 Å². The molecule has 2 rings (SSSR count). The van der Waals surface area contributed by atoms with E-state index in [1.165, 1.54) is 0 Å². The standard InChI is InChI=1S/C17H24N2O2/c1-11(2)12(3)18-17(21)10-19-8-7-15-9-14(13(4)20)5-6-16(15)19/h5-6,9,11-12H,7-8,10H2,1-4H3,(H,18,21). The summed E-state index contributed by atoms with van der Waals surface area (Å²) in [5.41, 5.74) is 2.98. The smallest absolute Gasteiger partial charge is 0.239 e. The fraction of sp³-hybridized carbons (Fsp3) is 0.529. The van der Waals surface area contributed by atoms with Crippen LogP contribution in [0.1, 0.15) is 43.6 Å². The summed E-state index contributed by atoms with van der Waals surface area (Å²) in [6.45, 7) is 9.01. The number of hydrogen-bond acceptors (Lipinski definition) is 3. The van der Waals surface area contributed by atoms with E-state index in [0.717, 1.165) is 29.8 Å². The third-order valence-electron chi connectivity index (χ3n) is 4.20. The number of benzene rings is 1. The SMILES string of the molecule is CC(=O)c1ccc2c(c1)CCN2CC(=O)NC(C)C(C)C. The predicted octanol–water partition coefficient (Wildman–Crippen LogP) is 2.41. The Kier molecular flexibility index (Phi) is 4.66. The maximum atomic E-state index is 12.1. The van der Waals surface area contributed by atoms with E-state index in [0.29, 0.717) is 12.5 Å². The first-order valence-electron chi connectivity index (χ1n) is 7.56. The Balaban J connectivity index is 2.03. The number of ketones is 1. The number of rotatable bonds is 5. The quantitative estimate of drug-likeness (QED) is 0.847. The van der Waals surface area contributed by atoms with Gasteiger partial charge in [0.25, 0.3) is 0 Å². The molecule has 0 saturated carbocycles. The Bertz CT molecular complexity index is 552. The summed E-state index contributed by atoms with van der Waals surface area (Å²) in [4.78, 5) is 25.6. The number of anilines is 1. The Hall–Kier alpha value is -1.84. The molecule has 1 aliphatic heterocycles. The molecule has 1 N–H and O–H groups in total. The molecule has 1 aromatic rings. The van der Waals surface area contributed by atoms with Gasteiger partial charge in [-0.15, -0.1) is 0 Å². The van der Waals surface area contributed by atoms with E-state index in [1.807, 2.05) is 25.1 Å². The van der Waals surface area contributed by atoms with Crippen LogP contribution in [0.2, 0.25) is 0 Å². The van der Waals surface area contributed by atoms with Gasteiger partial charge in [0, 0.05) is 23.8 Å². The zero-order valence-electron chi connectivity index (χ0n) is 13.3. The molecule has 1 unspecified atom stereocenters. The van der Waals surface area contributed by atoms with E-state index < -0.39 is 0 Å². The fourth-order valence-electron chi connectivity index (χ4n) is 2.49. The minimum Gasteiger partial charge on any atom is -0.362 e. The van der Waals surface area contributed by atoms with E-state index in [4.69, 9.17) is 0 Å². The van der Waals surface area contributed by atoms with Crippen molar-refractivity contribution in [3.63, 3.8) is 0 Å². The monoisotopic (exact) mass is 288 g/mol. The molecule has 4 heteroatoms. The van der Waals surface area contributed by atoms with E-state index in [2.05, 4.69) is 24.1 Å². The maximum absolute atomic E-state index is 12.1. The summed E-state index contributed by atoms with van der Waals surface area (Å²) in [6.07, 6.45) is 0.892. The highest BCUT2D eigenvalue weighted by Crippen LogP contribution is 2.28. The third-order valence-corrected chi connectivity index (χ3v) is 4.20. The Morgan fingerprint density at radius 1 is 1.29 bits per heavy atom. The molecule has 0 spiro atoms. The minimum atomic E-state index is 0.0553. The van der Waals surface area contributed by atoms with Gasteiger partial charge < -0.3 is 10.2 Å². The fourth-order valence-corrected chi connectivity index (χ4v) is 2.49. The van der Waals surface area contributed by atoms with Crippen LogP contribution in [-0.2, 0) is 11.2 Å². The first kappa shape index (κ1) is 15.5. The second kappa shape index (κ2) is 6.29. The van der Waals surface area contributed by atoms with Crippen molar-refractivity contribution >= 4 is 17.4 Å². The number of amides is 1. The van der Waals surface area contributed by atoms with Crippen LogP contribution < -0.4 is 10.2 Å². The predicted molar refractivity (Wildman–Crippen MR) is 84.8 cm³/mol. The molecular formula is C17H24N2O2. The van der Waals surface area contributed by atoms with Gasteiger partial charge in [0.15, 0.2) is 5.78 Å². The third kappa shape index (κ3) is 3.63. The second-order valence-electron chi connectivity index (χ2n) is 6.17. The second-order valence-corrected chi connectivity index (χ2v) is 6.17. The lowest BCUT2D eigenvalue weighted by molar-refractivity contribution is -0.120. The van der Waals surface area contributed by atoms with Crippen LogP contribution in [0, 0.1) is 5.92 Å². The first-order chi connectivity index (χ1) is 9.88. The van der Waals surface area contributed by atoms with E-state index in [-0.39, 0.29) is 17.7 Å². The summed E-state index contributed by atoms with van der Waals surface area (Å²) >= 11 is 0. The summed E-state index contributed by atoms with van der Waals surface area (Å²) in [5.74, 6) is 0.567. The average Bonchev–Trinajstić information content (AvgIpc) is 2.80. The lowest BCUT2D eigenvalue weighted by atomic mass is 10.1. The molecule has 0 bridgehead atoms. The maximum Gasteiger partial charge on any atom is 0.239 e. The molecule has 0 saturated heterocycles. The van der Waals surface area contributed by atoms with Gasteiger partial charge in [-0.2, -0.15) is 0 Å². The van der Waals surface area contributed by atoms with Crippen LogP contribution in [0.4, 0.5) is 5.69 Å². The van der Waals surface area contributed by atoms with Gasteiger partial charge in [-0.1, -0.05) is 13.8 Å². The number of carbonyl (C=O) groups excluding carboxylic acids is 2. The van der Waals surface area contributed by atoms with Gasteiger partial charge in [0.1, 0.15) is 0 Å². The van der Waals surface area contributed by atoms with Crippen molar-refractivity contribution in [2.75, 3.05) is 18.0 Å². The van der Waals surface area contributed by atoms with Crippen LogP contribution in [0.15, 0.2) is 18.2 Å². The van der Waals surface area contributed by atoms with Crippen LogP contribution in [-0.4, -0.2) is 30.8 Å². The molecule has 0 aliphatic carbocycles. The van der Waals surface area contributed by atoms with Gasteiger partial charge >= 0.3 is 0 Å². The minimum absolute atomic E-state index is 0.0553. The average molecular weight is 288 g/mol. The van der Waals surface area contributed by atoms with Gasteiger partial charge in [0.2, 0.25) is 5.91 Å². The highest BCUT2D eigenvalue weighted by Gasteiger charge is 2.22. The zero-order valence-corrected chi connectivity index (χ0v) is 13.3. The van der Waals surface area contributed by atoms with Crippen molar-refractivity contribution in [3.05, 3.63) is 29.3 Å². The molecule has 1 aliphatic rings. The van der Waals surface area contributed by atoms with Crippen LogP contribution >= 0.6 is 0 Å². The molecule has 114 valence electrons. The number of Topliss-reactive ketones (excluding diaryl/α,β-unsaturated/α-hetero) is 1. The largest absolute Gasteiger partial charge is 0.362 e. The Morgan fingerprint density at radius 3 is 2.62 bits per heavy atom. The van der Waals surface area contributed by atoms with Gasteiger partial charge in [-0.25, -0.2) is 0 Å². The molecule has 21 heavy (non-hydrogen) atoms. The summed E-state index contributed by atoms with van der Waals surface area (Å²) in [6, 6.07) is 5.93. The van der Waals surface area contributed by atoms with Crippen molar-refractivity contribution in [3.8, 4) is 0 Å². The number of fused-ring (bicyclic) bond motifs is 1. The highest BCUT2D eigenvalue weighted by atomic mass is 16.2. The lowest BCUT2D eigenvalue weighted by Crippen LogP contribution is -2.42. The number of nitrogens with one attached hydrogen (secondary N) is 1. The number of nitrogens with zero attached hydrogens (tertiary/aromatic N) is 1. The molecule has 0 aromatic heterocycles. The van der Waals surface area contributed by atoms with Crippen LogP contribution in [0.5, 0.6) is 0 Å². The lowest BCUT2D eigenvalue weighted by Gasteiger charge is -2.22. The molecule has 1 heterocycles. The molecule has 0 radical (unpaired) electrons. The molecule has 1 amide bonds. The summed E-state index contributed by atoms with van der Waals surface area (Å²) in [5, 5.41) is 3.03. The molecule has 1 aromatic carbocycles. The van der Waals surface area contributed by atoms with Gasteiger partial charge in [0.05, 0.1) is 6.54 Å². The normalized spacial score (nSPS) is 15.0. The van der Waals surface area contributed by atoms with Crippen molar-refractivity contribution < 1.29 is 9.59 Å². The van der Waals surface area contributed by atoms with E-state index in [9.17, 15) is 9.59 Å². The zero-order chi connectivity index (χ0) is 15.6. The summed E-state index contributed by atoms with van der Waals surface area (Å²) in [7, 11) is 0. The number of hydrogen-bond donors (Lipinski definition) is 1. The van der Waals surface area contributed by atoms with Gasteiger partial charge in [-0.3, -0.25) is 9.59 Å². The van der Waals surface area contributed by atoms with Crippen molar-refractivity contribution in [2.45, 2.75) is 40.2 Å². The van der Waals surface area contributed by atoms with Gasteiger partial charge in [-0.05, 0) is 49.9 Å². The molecule has 1 atom stereocenters. The Morgan fingerprint density at radius 2 is 2.00 bits per heavy atom. The number of carbonyl (C=O) groups is 2. The Labute approximate surface area is 126 Å². The van der Waals surface area contributed by atoms with Crippen molar-refractivity contribution in [1.29, 1.82) is 0 Å². The van der Waals surface area contributed by atoms with E-state index >= 15 is 0 Å².